The lowest BCUT2D eigenvalue weighted by Crippen LogP contribution is -2.18. The number of anilines is 1. The summed E-state index contributed by atoms with van der Waals surface area (Å²) in [6.45, 7) is 8.25. The van der Waals surface area contributed by atoms with Gasteiger partial charge in [0.05, 0.1) is 6.10 Å². The molecule has 0 fully saturated rings. The van der Waals surface area contributed by atoms with E-state index in [1.54, 1.807) is 0 Å². The number of nitrogens with one attached hydrogen (secondary N) is 1. The fourth-order valence-corrected chi connectivity index (χ4v) is 2.94. The minimum atomic E-state index is 0.115. The van der Waals surface area contributed by atoms with Crippen molar-refractivity contribution in [1.82, 2.24) is 9.97 Å². The summed E-state index contributed by atoms with van der Waals surface area (Å²) in [6, 6.07) is 6.50. The molecule has 0 saturated heterocycles. The van der Waals surface area contributed by atoms with Crippen molar-refractivity contribution in [3.8, 4) is 5.88 Å². The van der Waals surface area contributed by atoms with Gasteiger partial charge in [-0.05, 0) is 39.8 Å². The summed E-state index contributed by atoms with van der Waals surface area (Å²) in [5, 5.41) is 3.39. The Hall–Kier alpha value is -1.62. The Labute approximate surface area is 124 Å². The second-order valence-electron chi connectivity index (χ2n) is 5.17. The number of rotatable bonds is 6. The molecule has 1 atom stereocenters. The molecule has 5 heteroatoms. The zero-order valence-electron chi connectivity index (χ0n) is 12.4. The van der Waals surface area contributed by atoms with Crippen LogP contribution >= 0.6 is 11.3 Å². The second-order valence-corrected chi connectivity index (χ2v) is 6.54. The first-order valence-electron chi connectivity index (χ1n) is 6.83. The summed E-state index contributed by atoms with van der Waals surface area (Å²) in [7, 11) is 0. The van der Waals surface area contributed by atoms with Crippen LogP contribution in [-0.2, 0) is 6.42 Å². The van der Waals surface area contributed by atoms with E-state index in [9.17, 15) is 0 Å². The number of hydrogen-bond donors (Lipinski definition) is 1. The van der Waals surface area contributed by atoms with Crippen LogP contribution in [0.4, 0.5) is 5.82 Å². The van der Waals surface area contributed by atoms with Crippen LogP contribution in [0.15, 0.2) is 24.5 Å². The van der Waals surface area contributed by atoms with Crippen LogP contribution < -0.4 is 10.1 Å². The number of aryl methyl sites for hydroxylation is 1. The molecule has 20 heavy (non-hydrogen) atoms. The van der Waals surface area contributed by atoms with Crippen molar-refractivity contribution in [3.63, 3.8) is 0 Å². The normalized spacial score (nSPS) is 12.4. The van der Waals surface area contributed by atoms with Gasteiger partial charge >= 0.3 is 0 Å². The molecular weight excluding hydrogens is 270 g/mol. The van der Waals surface area contributed by atoms with Crippen LogP contribution in [0.25, 0.3) is 0 Å². The minimum absolute atomic E-state index is 0.115. The maximum atomic E-state index is 5.57. The van der Waals surface area contributed by atoms with E-state index in [-0.39, 0.29) is 6.10 Å². The molecule has 4 nitrogen and oxygen atoms in total. The minimum Gasteiger partial charge on any atom is -0.475 e. The summed E-state index contributed by atoms with van der Waals surface area (Å²) >= 11 is 1.84. The molecule has 2 heterocycles. The first kappa shape index (κ1) is 14.8. The fourth-order valence-electron chi connectivity index (χ4n) is 1.92. The standard InChI is InChI=1S/C15H21N3OS/c1-10(2)19-15-8-14(16-9-17-15)18-11(3)7-13-6-5-12(4)20-13/h5-6,8-11H,7H2,1-4H3,(H,16,17,18). The molecule has 0 amide bonds. The molecule has 2 rings (SSSR count). The predicted octanol–water partition coefficient (Wildman–Crippen LogP) is 3.68. The van der Waals surface area contributed by atoms with Crippen molar-refractivity contribution in [2.45, 2.75) is 46.3 Å². The Morgan fingerprint density at radius 2 is 2.05 bits per heavy atom. The van der Waals surface area contributed by atoms with Crippen LogP contribution in [0.3, 0.4) is 0 Å². The molecule has 0 radical (unpaired) electrons. The van der Waals surface area contributed by atoms with Crippen LogP contribution in [0.5, 0.6) is 5.88 Å². The van der Waals surface area contributed by atoms with Gasteiger partial charge in [0.15, 0.2) is 0 Å². The molecule has 1 N–H and O–H groups in total. The summed E-state index contributed by atoms with van der Waals surface area (Å²) in [6.07, 6.45) is 2.63. The van der Waals surface area contributed by atoms with E-state index in [1.807, 2.05) is 31.3 Å². The predicted molar refractivity (Wildman–Crippen MR) is 83.6 cm³/mol. The summed E-state index contributed by atoms with van der Waals surface area (Å²) in [5.74, 6) is 1.41. The zero-order chi connectivity index (χ0) is 14.5. The Bertz CT molecular complexity index is 554. The fraction of sp³-hybridized carbons (Fsp3) is 0.467. The number of aromatic nitrogens is 2. The third kappa shape index (κ3) is 4.49. The van der Waals surface area contributed by atoms with Gasteiger partial charge in [-0.3, -0.25) is 0 Å². The number of thiophene rings is 1. The van der Waals surface area contributed by atoms with Gasteiger partial charge in [-0.2, -0.15) is 0 Å². The highest BCUT2D eigenvalue weighted by Crippen LogP contribution is 2.19. The summed E-state index contributed by atoms with van der Waals surface area (Å²) in [4.78, 5) is 11.1. The molecule has 0 aromatic carbocycles. The molecule has 0 saturated carbocycles. The van der Waals surface area contributed by atoms with E-state index in [4.69, 9.17) is 4.74 Å². The molecule has 0 spiro atoms. The molecule has 108 valence electrons. The lowest BCUT2D eigenvalue weighted by Gasteiger charge is -2.14. The Balaban J connectivity index is 1.95. The van der Waals surface area contributed by atoms with Gasteiger partial charge in [0.2, 0.25) is 5.88 Å². The van der Waals surface area contributed by atoms with E-state index >= 15 is 0 Å². The van der Waals surface area contributed by atoms with Gasteiger partial charge in [0.1, 0.15) is 12.1 Å². The highest BCUT2D eigenvalue weighted by Gasteiger charge is 2.08. The molecule has 0 bridgehead atoms. The second kappa shape index (κ2) is 6.70. The lowest BCUT2D eigenvalue weighted by atomic mass is 10.2. The van der Waals surface area contributed by atoms with Crippen molar-refractivity contribution in [2.75, 3.05) is 5.32 Å². The van der Waals surface area contributed by atoms with E-state index in [2.05, 4.69) is 41.3 Å². The van der Waals surface area contributed by atoms with Crippen molar-refractivity contribution >= 4 is 17.2 Å². The SMILES string of the molecule is Cc1ccc(CC(C)Nc2cc(OC(C)C)ncn2)s1. The number of ether oxygens (including phenoxy) is 1. The molecule has 2 aromatic rings. The lowest BCUT2D eigenvalue weighted by molar-refractivity contribution is 0.232. The maximum absolute atomic E-state index is 5.57. The van der Waals surface area contributed by atoms with Crippen LogP contribution in [0, 0.1) is 6.92 Å². The molecule has 0 aliphatic carbocycles. The van der Waals surface area contributed by atoms with Gasteiger partial charge in [0.25, 0.3) is 0 Å². The van der Waals surface area contributed by atoms with E-state index in [0.29, 0.717) is 11.9 Å². The highest BCUT2D eigenvalue weighted by molar-refractivity contribution is 7.11. The van der Waals surface area contributed by atoms with E-state index in [1.165, 1.54) is 16.1 Å². The third-order valence-corrected chi connectivity index (χ3v) is 3.72. The van der Waals surface area contributed by atoms with Gasteiger partial charge in [-0.1, -0.05) is 0 Å². The van der Waals surface area contributed by atoms with Gasteiger partial charge in [0, 0.05) is 28.3 Å². The molecule has 0 aliphatic rings. The van der Waals surface area contributed by atoms with Crippen LogP contribution in [-0.4, -0.2) is 22.1 Å². The smallest absolute Gasteiger partial charge is 0.218 e. The van der Waals surface area contributed by atoms with E-state index in [0.717, 1.165) is 12.2 Å². The average Bonchev–Trinajstić information content (AvgIpc) is 2.74. The summed E-state index contributed by atoms with van der Waals surface area (Å²) < 4.78 is 5.57. The number of nitrogens with zero attached hydrogens (tertiary/aromatic N) is 2. The first-order valence-corrected chi connectivity index (χ1v) is 7.65. The van der Waals surface area contributed by atoms with Crippen molar-refractivity contribution in [2.24, 2.45) is 0 Å². The van der Waals surface area contributed by atoms with Crippen LogP contribution in [0.1, 0.15) is 30.5 Å². The largest absolute Gasteiger partial charge is 0.475 e. The zero-order valence-corrected chi connectivity index (χ0v) is 13.2. The Morgan fingerprint density at radius 1 is 1.25 bits per heavy atom. The molecule has 0 aliphatic heterocycles. The Kier molecular flexibility index (Phi) is 4.95. The monoisotopic (exact) mass is 291 g/mol. The van der Waals surface area contributed by atoms with Crippen LogP contribution in [0.2, 0.25) is 0 Å². The van der Waals surface area contributed by atoms with Gasteiger partial charge in [-0.15, -0.1) is 11.3 Å². The molecular formula is C15H21N3OS. The summed E-state index contributed by atoms with van der Waals surface area (Å²) in [5.41, 5.74) is 0. The van der Waals surface area contributed by atoms with E-state index < -0.39 is 0 Å². The van der Waals surface area contributed by atoms with Gasteiger partial charge < -0.3 is 10.1 Å². The maximum Gasteiger partial charge on any atom is 0.218 e. The highest BCUT2D eigenvalue weighted by atomic mass is 32.1. The third-order valence-electron chi connectivity index (χ3n) is 2.70. The molecule has 1 unspecified atom stereocenters. The van der Waals surface area contributed by atoms with Gasteiger partial charge in [-0.25, -0.2) is 9.97 Å². The Morgan fingerprint density at radius 3 is 2.70 bits per heavy atom. The van der Waals surface area contributed by atoms with Crippen molar-refractivity contribution in [1.29, 1.82) is 0 Å². The quantitative estimate of drug-likeness (QED) is 0.882. The average molecular weight is 291 g/mol. The van der Waals surface area contributed by atoms with Crippen molar-refractivity contribution < 1.29 is 4.74 Å². The topological polar surface area (TPSA) is 47.0 Å². The number of hydrogen-bond acceptors (Lipinski definition) is 5. The first-order chi connectivity index (χ1) is 9.52. The molecule has 2 aromatic heterocycles. The van der Waals surface area contributed by atoms with Crippen molar-refractivity contribution in [3.05, 3.63) is 34.3 Å².